The van der Waals surface area contributed by atoms with Crippen molar-refractivity contribution in [3.05, 3.63) is 22.2 Å². The van der Waals surface area contributed by atoms with Crippen LogP contribution in [0, 0.1) is 5.92 Å². The van der Waals surface area contributed by atoms with E-state index in [-0.39, 0.29) is 11.7 Å². The van der Waals surface area contributed by atoms with Gasteiger partial charge in [0.15, 0.2) is 0 Å². The van der Waals surface area contributed by atoms with Crippen LogP contribution in [0.2, 0.25) is 0 Å². The molecule has 100 valence electrons. The lowest BCUT2D eigenvalue weighted by Crippen LogP contribution is -2.38. The van der Waals surface area contributed by atoms with Crippen molar-refractivity contribution in [2.45, 2.75) is 39.2 Å². The van der Waals surface area contributed by atoms with Crippen LogP contribution in [-0.2, 0) is 6.42 Å². The molecule has 1 fully saturated rings. The monoisotopic (exact) mass is 251 g/mol. The zero-order chi connectivity index (χ0) is 13.1. The summed E-state index contributed by atoms with van der Waals surface area (Å²) in [5, 5.41) is 9.57. The maximum absolute atomic E-state index is 11.5. The molecule has 1 aromatic heterocycles. The van der Waals surface area contributed by atoms with Crippen molar-refractivity contribution in [3.8, 4) is 0 Å². The Kier molecular flexibility index (Phi) is 4.01. The van der Waals surface area contributed by atoms with Gasteiger partial charge in [0, 0.05) is 25.6 Å². The van der Waals surface area contributed by atoms with Crippen molar-refractivity contribution in [1.29, 1.82) is 0 Å². The normalized spacial score (nSPS) is 18.9. The number of rotatable bonds is 3. The topological polar surface area (TPSA) is 69.2 Å². The summed E-state index contributed by atoms with van der Waals surface area (Å²) in [5.41, 5.74) is -0.0884. The van der Waals surface area contributed by atoms with Gasteiger partial charge in [0.05, 0.1) is 6.10 Å². The molecule has 1 aromatic rings. The summed E-state index contributed by atoms with van der Waals surface area (Å²) in [6.45, 7) is 5.53. The predicted octanol–water partition coefficient (Wildman–Crippen LogP) is 0.929. The number of aliphatic hydroxyl groups is 1. The van der Waals surface area contributed by atoms with Crippen LogP contribution in [0.25, 0.3) is 0 Å². The lowest BCUT2D eigenvalue weighted by molar-refractivity contribution is 0.109. The Bertz CT molecular complexity index is 448. The van der Waals surface area contributed by atoms with Crippen molar-refractivity contribution in [1.82, 2.24) is 9.97 Å². The Morgan fingerprint density at radius 3 is 2.78 bits per heavy atom. The molecule has 2 N–H and O–H groups in total. The highest BCUT2D eigenvalue weighted by molar-refractivity contribution is 5.37. The summed E-state index contributed by atoms with van der Waals surface area (Å²) in [6, 6.07) is 1.56. The maximum atomic E-state index is 11.5. The molecule has 0 aliphatic carbocycles. The minimum atomic E-state index is -0.245. The fourth-order valence-corrected chi connectivity index (χ4v) is 2.43. The number of nitrogens with one attached hydrogen (secondary N) is 1. The molecule has 0 bridgehead atoms. The predicted molar refractivity (Wildman–Crippen MR) is 70.9 cm³/mol. The molecule has 1 saturated heterocycles. The third-order valence-electron chi connectivity index (χ3n) is 3.66. The van der Waals surface area contributed by atoms with Crippen LogP contribution in [-0.4, -0.2) is 34.3 Å². The molecule has 5 heteroatoms. The molecule has 5 nitrogen and oxygen atoms in total. The van der Waals surface area contributed by atoms with E-state index in [1.165, 1.54) is 0 Å². The van der Waals surface area contributed by atoms with Crippen LogP contribution >= 0.6 is 0 Å². The number of hydrogen-bond donors (Lipinski definition) is 2. The van der Waals surface area contributed by atoms with E-state index in [4.69, 9.17) is 0 Å². The van der Waals surface area contributed by atoms with E-state index in [0.717, 1.165) is 44.0 Å². The minimum Gasteiger partial charge on any atom is -0.393 e. The second-order valence-corrected chi connectivity index (χ2v) is 4.97. The van der Waals surface area contributed by atoms with Crippen LogP contribution in [0.5, 0.6) is 0 Å². The second-order valence-electron chi connectivity index (χ2n) is 4.97. The maximum Gasteiger partial charge on any atom is 0.252 e. The smallest absolute Gasteiger partial charge is 0.252 e. The van der Waals surface area contributed by atoms with E-state index in [1.54, 1.807) is 6.07 Å². The average molecular weight is 251 g/mol. The minimum absolute atomic E-state index is 0.0884. The van der Waals surface area contributed by atoms with E-state index in [0.29, 0.717) is 5.92 Å². The number of H-pyrrole nitrogens is 1. The van der Waals surface area contributed by atoms with E-state index < -0.39 is 0 Å². The van der Waals surface area contributed by atoms with Crippen molar-refractivity contribution in [3.63, 3.8) is 0 Å². The van der Waals surface area contributed by atoms with Gasteiger partial charge in [-0.25, -0.2) is 4.98 Å². The van der Waals surface area contributed by atoms with Gasteiger partial charge in [-0.1, -0.05) is 6.92 Å². The molecular formula is C13H21N3O2. The molecule has 1 atom stereocenters. The molecule has 1 aliphatic rings. The Balaban J connectivity index is 2.09. The van der Waals surface area contributed by atoms with Crippen LogP contribution in [0.1, 0.15) is 32.5 Å². The fourth-order valence-electron chi connectivity index (χ4n) is 2.43. The lowest BCUT2D eigenvalue weighted by Gasteiger charge is -2.34. The molecule has 1 unspecified atom stereocenters. The fraction of sp³-hybridized carbons (Fsp3) is 0.692. The van der Waals surface area contributed by atoms with Gasteiger partial charge in [-0.3, -0.25) is 4.79 Å². The van der Waals surface area contributed by atoms with Gasteiger partial charge < -0.3 is 15.0 Å². The van der Waals surface area contributed by atoms with Gasteiger partial charge in [-0.05, 0) is 25.7 Å². The Labute approximate surface area is 107 Å². The molecule has 0 radical (unpaired) electrons. The molecule has 0 saturated carbocycles. The first kappa shape index (κ1) is 13.1. The highest BCUT2D eigenvalue weighted by atomic mass is 16.3. The second kappa shape index (κ2) is 5.52. The average Bonchev–Trinajstić information content (AvgIpc) is 2.38. The summed E-state index contributed by atoms with van der Waals surface area (Å²) in [5.74, 6) is 1.86. The summed E-state index contributed by atoms with van der Waals surface area (Å²) in [6.07, 6.45) is 2.39. The number of aliphatic hydroxyl groups excluding tert-OH is 1. The number of aryl methyl sites for hydroxylation is 1. The van der Waals surface area contributed by atoms with E-state index >= 15 is 0 Å². The molecule has 2 heterocycles. The highest BCUT2D eigenvalue weighted by Crippen LogP contribution is 2.23. The zero-order valence-corrected chi connectivity index (χ0v) is 11.0. The van der Waals surface area contributed by atoms with E-state index in [9.17, 15) is 9.90 Å². The third-order valence-corrected chi connectivity index (χ3v) is 3.66. The number of anilines is 1. The van der Waals surface area contributed by atoms with Gasteiger partial charge in [-0.15, -0.1) is 0 Å². The number of aromatic amines is 1. The summed E-state index contributed by atoms with van der Waals surface area (Å²) in [4.78, 5) is 20.8. The molecule has 0 amide bonds. The Morgan fingerprint density at radius 1 is 1.56 bits per heavy atom. The molecular weight excluding hydrogens is 230 g/mol. The molecule has 0 aromatic carbocycles. The van der Waals surface area contributed by atoms with Gasteiger partial charge in [0.2, 0.25) is 0 Å². The van der Waals surface area contributed by atoms with Gasteiger partial charge in [0.25, 0.3) is 5.56 Å². The first-order valence-corrected chi connectivity index (χ1v) is 6.63. The number of hydrogen-bond acceptors (Lipinski definition) is 4. The van der Waals surface area contributed by atoms with Crippen LogP contribution in [0.15, 0.2) is 10.9 Å². The van der Waals surface area contributed by atoms with Crippen LogP contribution in [0.4, 0.5) is 5.82 Å². The van der Waals surface area contributed by atoms with Gasteiger partial charge >= 0.3 is 0 Å². The standard InChI is InChI=1S/C13H21N3O2/c1-3-11-14-12(8-13(18)15-11)16-6-4-10(5-7-16)9(2)17/h8-10,17H,3-7H2,1-2H3,(H,14,15,18). The molecule has 1 aliphatic heterocycles. The molecule has 0 spiro atoms. The van der Waals surface area contributed by atoms with Crippen molar-refractivity contribution in [2.75, 3.05) is 18.0 Å². The van der Waals surface area contributed by atoms with E-state index in [1.807, 2.05) is 13.8 Å². The van der Waals surface area contributed by atoms with Crippen molar-refractivity contribution in [2.24, 2.45) is 5.92 Å². The summed E-state index contributed by atoms with van der Waals surface area (Å²) < 4.78 is 0. The third kappa shape index (κ3) is 2.90. The van der Waals surface area contributed by atoms with Crippen LogP contribution < -0.4 is 10.5 Å². The highest BCUT2D eigenvalue weighted by Gasteiger charge is 2.23. The van der Waals surface area contributed by atoms with Crippen molar-refractivity contribution >= 4 is 5.82 Å². The number of nitrogens with zero attached hydrogens (tertiary/aromatic N) is 2. The zero-order valence-electron chi connectivity index (χ0n) is 11.0. The summed E-state index contributed by atoms with van der Waals surface area (Å²) in [7, 11) is 0. The van der Waals surface area contributed by atoms with E-state index in [2.05, 4.69) is 14.9 Å². The largest absolute Gasteiger partial charge is 0.393 e. The van der Waals surface area contributed by atoms with Gasteiger partial charge in [-0.2, -0.15) is 0 Å². The quantitative estimate of drug-likeness (QED) is 0.838. The summed E-state index contributed by atoms with van der Waals surface area (Å²) >= 11 is 0. The molecule has 2 rings (SSSR count). The Morgan fingerprint density at radius 2 is 2.22 bits per heavy atom. The number of piperidine rings is 1. The Hall–Kier alpha value is -1.36. The number of aromatic nitrogens is 2. The molecule has 18 heavy (non-hydrogen) atoms. The lowest BCUT2D eigenvalue weighted by atomic mass is 9.92. The first-order chi connectivity index (χ1) is 8.60. The SMILES string of the molecule is CCc1nc(N2CCC(C(C)O)CC2)cc(=O)[nH]1. The van der Waals surface area contributed by atoms with Crippen molar-refractivity contribution < 1.29 is 5.11 Å². The van der Waals surface area contributed by atoms with Crippen LogP contribution in [0.3, 0.4) is 0 Å². The van der Waals surface area contributed by atoms with Gasteiger partial charge in [0.1, 0.15) is 11.6 Å². The first-order valence-electron chi connectivity index (χ1n) is 6.63.